The molecular weight excluding hydrogens is 278 g/mol. The van der Waals surface area contributed by atoms with Crippen LogP contribution in [0.1, 0.15) is 0 Å². The van der Waals surface area contributed by atoms with E-state index in [1.54, 1.807) is 0 Å². The highest BCUT2D eigenvalue weighted by Crippen LogP contribution is 2.22. The Morgan fingerprint density at radius 2 is 2.06 bits per heavy atom. The summed E-state index contributed by atoms with van der Waals surface area (Å²) in [5.74, 6) is 0. The SMILES string of the molecule is Nc1cccc(-c2cn3ccc(Br)cc3n2)c1. The number of pyridine rings is 1. The highest BCUT2D eigenvalue weighted by molar-refractivity contribution is 9.10. The average molecular weight is 288 g/mol. The number of halogens is 1. The van der Waals surface area contributed by atoms with Gasteiger partial charge in [0.1, 0.15) is 5.65 Å². The van der Waals surface area contributed by atoms with Gasteiger partial charge in [0.15, 0.2) is 0 Å². The van der Waals surface area contributed by atoms with E-state index in [9.17, 15) is 0 Å². The topological polar surface area (TPSA) is 43.3 Å². The smallest absolute Gasteiger partial charge is 0.138 e. The fraction of sp³-hybridized carbons (Fsp3) is 0. The Kier molecular flexibility index (Phi) is 2.37. The van der Waals surface area contributed by atoms with E-state index >= 15 is 0 Å². The Balaban J connectivity index is 2.18. The van der Waals surface area contributed by atoms with E-state index in [0.717, 1.165) is 27.1 Å². The van der Waals surface area contributed by atoms with Gasteiger partial charge in [0.2, 0.25) is 0 Å². The first-order valence-electron chi connectivity index (χ1n) is 5.22. The summed E-state index contributed by atoms with van der Waals surface area (Å²) in [5, 5.41) is 0. The molecule has 0 saturated carbocycles. The molecule has 84 valence electrons. The van der Waals surface area contributed by atoms with Crippen molar-refractivity contribution >= 4 is 27.3 Å². The number of rotatable bonds is 1. The summed E-state index contributed by atoms with van der Waals surface area (Å²) in [4.78, 5) is 4.56. The Morgan fingerprint density at radius 1 is 1.18 bits per heavy atom. The molecule has 3 aromatic rings. The third-order valence-corrected chi connectivity index (χ3v) is 3.10. The third-order valence-electron chi connectivity index (χ3n) is 2.60. The molecule has 4 heteroatoms. The van der Waals surface area contributed by atoms with Gasteiger partial charge < -0.3 is 10.1 Å². The molecule has 0 aliphatic heterocycles. The Bertz CT molecular complexity index is 688. The first-order valence-corrected chi connectivity index (χ1v) is 6.02. The molecule has 1 aromatic carbocycles. The molecular formula is C13H10BrN3. The number of nitrogens with zero attached hydrogens (tertiary/aromatic N) is 2. The van der Waals surface area contributed by atoms with Gasteiger partial charge in [0.25, 0.3) is 0 Å². The molecule has 0 spiro atoms. The first kappa shape index (κ1) is 10.4. The van der Waals surface area contributed by atoms with Gasteiger partial charge in [-0.25, -0.2) is 4.98 Å². The van der Waals surface area contributed by atoms with Gasteiger partial charge in [-0.1, -0.05) is 28.1 Å². The fourth-order valence-corrected chi connectivity index (χ4v) is 2.12. The molecule has 0 fully saturated rings. The zero-order valence-corrected chi connectivity index (χ0v) is 10.6. The lowest BCUT2D eigenvalue weighted by Gasteiger charge is -1.96. The number of fused-ring (bicyclic) bond motifs is 1. The van der Waals surface area contributed by atoms with Crippen molar-refractivity contribution in [1.82, 2.24) is 9.38 Å². The molecule has 0 radical (unpaired) electrons. The summed E-state index contributed by atoms with van der Waals surface area (Å²) in [7, 11) is 0. The Hall–Kier alpha value is -1.81. The maximum Gasteiger partial charge on any atom is 0.138 e. The van der Waals surface area contributed by atoms with Crippen LogP contribution in [-0.2, 0) is 0 Å². The summed E-state index contributed by atoms with van der Waals surface area (Å²) >= 11 is 3.44. The zero-order valence-electron chi connectivity index (χ0n) is 8.97. The molecule has 0 aliphatic carbocycles. The van der Waals surface area contributed by atoms with Crippen molar-refractivity contribution in [2.24, 2.45) is 0 Å². The van der Waals surface area contributed by atoms with Crippen LogP contribution >= 0.6 is 15.9 Å². The number of nitrogens with two attached hydrogens (primary N) is 1. The number of nitrogen functional groups attached to an aromatic ring is 1. The second-order valence-electron chi connectivity index (χ2n) is 3.86. The molecule has 0 amide bonds. The van der Waals surface area contributed by atoms with Gasteiger partial charge >= 0.3 is 0 Å². The minimum absolute atomic E-state index is 0.751. The predicted octanol–water partition coefficient (Wildman–Crippen LogP) is 3.35. The molecule has 2 N–H and O–H groups in total. The van der Waals surface area contributed by atoms with Gasteiger partial charge in [0.05, 0.1) is 5.69 Å². The van der Waals surface area contributed by atoms with Crippen molar-refractivity contribution < 1.29 is 0 Å². The van der Waals surface area contributed by atoms with Crippen molar-refractivity contribution in [1.29, 1.82) is 0 Å². The molecule has 0 atom stereocenters. The summed E-state index contributed by atoms with van der Waals surface area (Å²) in [6.07, 6.45) is 3.97. The monoisotopic (exact) mass is 287 g/mol. The lowest BCUT2D eigenvalue weighted by atomic mass is 10.1. The van der Waals surface area contributed by atoms with E-state index in [4.69, 9.17) is 5.73 Å². The van der Waals surface area contributed by atoms with E-state index in [2.05, 4.69) is 20.9 Å². The lowest BCUT2D eigenvalue weighted by Crippen LogP contribution is -1.84. The maximum absolute atomic E-state index is 5.77. The quantitative estimate of drug-likeness (QED) is 0.698. The van der Waals surface area contributed by atoms with Crippen LogP contribution < -0.4 is 5.73 Å². The largest absolute Gasteiger partial charge is 0.399 e. The van der Waals surface area contributed by atoms with Gasteiger partial charge in [-0.05, 0) is 24.3 Å². The highest BCUT2D eigenvalue weighted by atomic mass is 79.9. The minimum Gasteiger partial charge on any atom is -0.399 e. The number of anilines is 1. The molecule has 0 unspecified atom stereocenters. The molecule has 2 heterocycles. The van der Waals surface area contributed by atoms with Gasteiger partial charge in [-0.3, -0.25) is 0 Å². The summed E-state index contributed by atoms with van der Waals surface area (Å²) in [6.45, 7) is 0. The standard InChI is InChI=1S/C13H10BrN3/c14-10-4-5-17-8-12(16-13(17)7-10)9-2-1-3-11(15)6-9/h1-8H,15H2. The van der Waals surface area contributed by atoms with Crippen molar-refractivity contribution in [3.8, 4) is 11.3 Å². The van der Waals surface area contributed by atoms with Crippen molar-refractivity contribution in [2.75, 3.05) is 5.73 Å². The highest BCUT2D eigenvalue weighted by Gasteiger charge is 2.04. The molecule has 0 bridgehead atoms. The van der Waals surface area contributed by atoms with Gasteiger partial charge in [0, 0.05) is 28.1 Å². The van der Waals surface area contributed by atoms with Crippen LogP contribution in [0.15, 0.2) is 53.3 Å². The molecule has 2 aromatic heterocycles. The average Bonchev–Trinajstić information content (AvgIpc) is 2.72. The number of hydrogen-bond acceptors (Lipinski definition) is 2. The van der Waals surface area contributed by atoms with Gasteiger partial charge in [-0.15, -0.1) is 0 Å². The van der Waals surface area contributed by atoms with Crippen LogP contribution in [-0.4, -0.2) is 9.38 Å². The maximum atomic E-state index is 5.77. The number of imidazole rings is 1. The lowest BCUT2D eigenvalue weighted by molar-refractivity contribution is 1.18. The molecule has 3 nitrogen and oxygen atoms in total. The van der Waals surface area contributed by atoms with Crippen LogP contribution in [0.3, 0.4) is 0 Å². The normalized spacial score (nSPS) is 10.9. The fourth-order valence-electron chi connectivity index (χ4n) is 1.79. The third kappa shape index (κ3) is 1.91. The van der Waals surface area contributed by atoms with Gasteiger partial charge in [-0.2, -0.15) is 0 Å². The van der Waals surface area contributed by atoms with Crippen molar-refractivity contribution in [3.63, 3.8) is 0 Å². The second-order valence-corrected chi connectivity index (χ2v) is 4.78. The minimum atomic E-state index is 0.751. The second kappa shape index (κ2) is 3.89. The number of benzene rings is 1. The molecule has 0 saturated heterocycles. The van der Waals surface area contributed by atoms with Crippen LogP contribution in [0, 0.1) is 0 Å². The Labute approximate surface area is 107 Å². The summed E-state index contributed by atoms with van der Waals surface area (Å²) < 4.78 is 3.01. The van der Waals surface area contributed by atoms with E-state index in [1.807, 2.05) is 53.2 Å². The van der Waals surface area contributed by atoms with Crippen LogP contribution in [0.4, 0.5) is 5.69 Å². The Morgan fingerprint density at radius 3 is 2.88 bits per heavy atom. The van der Waals surface area contributed by atoms with Crippen LogP contribution in [0.2, 0.25) is 0 Å². The van der Waals surface area contributed by atoms with E-state index in [0.29, 0.717) is 0 Å². The zero-order chi connectivity index (χ0) is 11.8. The number of aromatic nitrogens is 2. The summed E-state index contributed by atoms with van der Waals surface area (Å²) in [5.41, 5.74) is 9.40. The van der Waals surface area contributed by atoms with Crippen molar-refractivity contribution in [2.45, 2.75) is 0 Å². The number of hydrogen-bond donors (Lipinski definition) is 1. The predicted molar refractivity (Wildman–Crippen MR) is 72.7 cm³/mol. The van der Waals surface area contributed by atoms with Crippen LogP contribution in [0.25, 0.3) is 16.9 Å². The van der Waals surface area contributed by atoms with E-state index in [-0.39, 0.29) is 0 Å². The molecule has 0 aliphatic rings. The van der Waals surface area contributed by atoms with Crippen LogP contribution in [0.5, 0.6) is 0 Å². The molecule has 17 heavy (non-hydrogen) atoms. The summed E-state index contributed by atoms with van der Waals surface area (Å²) in [6, 6.07) is 11.7. The van der Waals surface area contributed by atoms with E-state index in [1.165, 1.54) is 0 Å². The first-order chi connectivity index (χ1) is 8.22. The molecule has 3 rings (SSSR count). The van der Waals surface area contributed by atoms with E-state index < -0.39 is 0 Å². The van der Waals surface area contributed by atoms with Crippen molar-refractivity contribution in [3.05, 3.63) is 53.3 Å².